The predicted molar refractivity (Wildman–Crippen MR) is 135 cm³/mol. The van der Waals surface area contributed by atoms with Gasteiger partial charge in [0.05, 0.1) is 25.3 Å². The van der Waals surface area contributed by atoms with Crippen LogP contribution < -0.4 is 4.74 Å². The Hall–Kier alpha value is -4.32. The van der Waals surface area contributed by atoms with Crippen LogP contribution in [0.4, 0.5) is 0 Å². The number of likely N-dealkylation sites (tertiary alicyclic amines) is 1. The molecule has 2 N–H and O–H groups in total. The first-order chi connectivity index (χ1) is 16.9. The summed E-state index contributed by atoms with van der Waals surface area (Å²) in [5.41, 5.74) is 4.81. The average Bonchev–Trinajstić information content (AvgIpc) is 3.39. The van der Waals surface area contributed by atoms with Gasteiger partial charge in [-0.25, -0.2) is 0 Å². The van der Waals surface area contributed by atoms with E-state index in [-0.39, 0.29) is 17.9 Å². The summed E-state index contributed by atoms with van der Waals surface area (Å²) in [5.74, 6) is -0.893. The number of aromatic nitrogens is 1. The smallest absolute Gasteiger partial charge is 0.295 e. The maximum Gasteiger partial charge on any atom is 0.295 e. The van der Waals surface area contributed by atoms with E-state index < -0.39 is 17.7 Å². The number of hydrogen-bond acceptors (Lipinski definition) is 4. The van der Waals surface area contributed by atoms with Gasteiger partial charge in [-0.15, -0.1) is 0 Å². The molecule has 0 spiro atoms. The van der Waals surface area contributed by atoms with Crippen LogP contribution in [0.25, 0.3) is 16.7 Å². The molecule has 6 heteroatoms. The lowest BCUT2D eigenvalue weighted by Crippen LogP contribution is -2.29. The number of para-hydroxylation sites is 2. The van der Waals surface area contributed by atoms with Crippen LogP contribution in [0.3, 0.4) is 0 Å². The van der Waals surface area contributed by atoms with Gasteiger partial charge in [-0.2, -0.15) is 0 Å². The van der Waals surface area contributed by atoms with Crippen molar-refractivity contribution >= 4 is 28.4 Å². The number of aliphatic hydroxyl groups is 1. The zero-order chi connectivity index (χ0) is 24.7. The number of aromatic amines is 1. The van der Waals surface area contributed by atoms with Crippen molar-refractivity contribution in [3.05, 3.63) is 106 Å². The number of aryl methyl sites for hydroxylation is 2. The van der Waals surface area contributed by atoms with Crippen molar-refractivity contribution in [3.63, 3.8) is 0 Å². The van der Waals surface area contributed by atoms with Crippen molar-refractivity contribution in [3.8, 4) is 5.75 Å². The van der Waals surface area contributed by atoms with Gasteiger partial charge in [-0.05, 0) is 37.6 Å². The molecule has 4 aromatic rings. The molecule has 0 saturated carbocycles. The number of nitrogens with zero attached hydrogens (tertiary/aromatic N) is 1. The van der Waals surface area contributed by atoms with Crippen LogP contribution in [-0.4, -0.2) is 33.8 Å². The summed E-state index contributed by atoms with van der Waals surface area (Å²) in [5, 5.41) is 12.4. The molecule has 1 unspecified atom stereocenters. The zero-order valence-electron chi connectivity index (χ0n) is 19.8. The number of Topliss-reactive ketones (excluding diaryl/α,β-unsaturated/α-hetero) is 1. The predicted octanol–water partition coefficient (Wildman–Crippen LogP) is 5.42. The Labute approximate surface area is 203 Å². The Morgan fingerprint density at radius 3 is 2.57 bits per heavy atom. The van der Waals surface area contributed by atoms with E-state index in [1.54, 1.807) is 7.11 Å². The van der Waals surface area contributed by atoms with Crippen LogP contribution in [0.1, 0.15) is 33.9 Å². The highest BCUT2D eigenvalue weighted by molar-refractivity contribution is 6.46. The van der Waals surface area contributed by atoms with E-state index in [4.69, 9.17) is 4.74 Å². The molecule has 2 heterocycles. The van der Waals surface area contributed by atoms with E-state index in [1.807, 2.05) is 86.8 Å². The number of ether oxygens (including phenoxy) is 1. The molecule has 1 saturated heterocycles. The van der Waals surface area contributed by atoms with Gasteiger partial charge in [0.25, 0.3) is 11.7 Å². The number of methoxy groups -OCH3 is 1. The Morgan fingerprint density at radius 2 is 1.77 bits per heavy atom. The van der Waals surface area contributed by atoms with Crippen molar-refractivity contribution in [2.75, 3.05) is 7.11 Å². The SMILES string of the molecule is COc1ccccc1CN1C(=O)C(=O)/C(=C(/O)c2cc(C)ccc2C)C1c1c[nH]c2ccccc12. The molecule has 1 amide bonds. The first-order valence-electron chi connectivity index (χ1n) is 11.4. The summed E-state index contributed by atoms with van der Waals surface area (Å²) in [6.45, 7) is 3.95. The first kappa shape index (κ1) is 22.5. The quantitative estimate of drug-likeness (QED) is 0.234. The van der Waals surface area contributed by atoms with Crippen molar-refractivity contribution in [1.82, 2.24) is 9.88 Å². The van der Waals surface area contributed by atoms with E-state index >= 15 is 0 Å². The third kappa shape index (κ3) is 3.77. The fraction of sp³-hybridized carbons (Fsp3) is 0.172. The molecule has 1 aliphatic rings. The Morgan fingerprint density at radius 1 is 1.03 bits per heavy atom. The Kier molecular flexibility index (Phi) is 5.65. The number of rotatable bonds is 5. The van der Waals surface area contributed by atoms with Gasteiger partial charge in [0.15, 0.2) is 0 Å². The van der Waals surface area contributed by atoms with Gasteiger partial charge < -0.3 is 19.7 Å². The summed E-state index contributed by atoms with van der Waals surface area (Å²) in [6, 6.07) is 20.1. The Bertz CT molecular complexity index is 1500. The second-order valence-electron chi connectivity index (χ2n) is 8.85. The molecule has 35 heavy (non-hydrogen) atoms. The van der Waals surface area contributed by atoms with Gasteiger partial charge in [0, 0.05) is 33.8 Å². The van der Waals surface area contributed by atoms with Gasteiger partial charge in [-0.1, -0.05) is 54.1 Å². The molecule has 6 nitrogen and oxygen atoms in total. The normalized spacial score (nSPS) is 17.3. The molecule has 1 aliphatic heterocycles. The average molecular weight is 467 g/mol. The number of carbonyl (C=O) groups excluding carboxylic acids is 2. The highest BCUT2D eigenvalue weighted by atomic mass is 16.5. The highest BCUT2D eigenvalue weighted by Crippen LogP contribution is 2.43. The number of fused-ring (bicyclic) bond motifs is 1. The third-order valence-corrected chi connectivity index (χ3v) is 6.64. The number of ketones is 1. The maximum atomic E-state index is 13.5. The summed E-state index contributed by atoms with van der Waals surface area (Å²) < 4.78 is 5.50. The van der Waals surface area contributed by atoms with E-state index in [1.165, 1.54) is 4.90 Å². The molecule has 1 aromatic heterocycles. The number of H-pyrrole nitrogens is 1. The van der Waals surface area contributed by atoms with Gasteiger partial charge in [0.1, 0.15) is 11.5 Å². The maximum absolute atomic E-state index is 13.5. The first-order valence-corrected chi connectivity index (χ1v) is 11.4. The second kappa shape index (κ2) is 8.80. The summed E-state index contributed by atoms with van der Waals surface area (Å²) in [6.07, 6.45) is 1.81. The van der Waals surface area contributed by atoms with Crippen LogP contribution in [0.2, 0.25) is 0 Å². The van der Waals surface area contributed by atoms with Crippen LogP contribution in [0.5, 0.6) is 5.75 Å². The standard InChI is InChI=1S/C29H26N2O4/c1-17-12-13-18(2)21(14-17)27(32)25-26(22-15-30-23-10-6-5-9-20(22)23)31(29(34)28(25)33)16-19-8-4-7-11-24(19)35-3/h4-15,26,30,32H,16H2,1-3H3/b27-25+. The fourth-order valence-corrected chi connectivity index (χ4v) is 4.84. The number of hydrogen-bond donors (Lipinski definition) is 2. The topological polar surface area (TPSA) is 82.6 Å². The van der Waals surface area contributed by atoms with Gasteiger partial charge in [0.2, 0.25) is 0 Å². The number of aliphatic hydroxyl groups excluding tert-OH is 1. The van der Waals surface area contributed by atoms with E-state index in [0.717, 1.165) is 33.2 Å². The van der Waals surface area contributed by atoms with E-state index in [0.29, 0.717) is 11.3 Å². The van der Waals surface area contributed by atoms with Crippen LogP contribution >= 0.6 is 0 Å². The fourth-order valence-electron chi connectivity index (χ4n) is 4.84. The molecule has 0 radical (unpaired) electrons. The lowest BCUT2D eigenvalue weighted by Gasteiger charge is -2.26. The molecule has 0 bridgehead atoms. The van der Waals surface area contributed by atoms with Crippen LogP contribution in [-0.2, 0) is 16.1 Å². The highest BCUT2D eigenvalue weighted by Gasteiger charge is 2.47. The number of carbonyl (C=O) groups is 2. The van der Waals surface area contributed by atoms with Gasteiger partial charge in [-0.3, -0.25) is 9.59 Å². The minimum Gasteiger partial charge on any atom is -0.507 e. The minimum atomic E-state index is -0.768. The van der Waals surface area contributed by atoms with Crippen molar-refractivity contribution in [2.24, 2.45) is 0 Å². The third-order valence-electron chi connectivity index (χ3n) is 6.64. The lowest BCUT2D eigenvalue weighted by atomic mass is 9.93. The largest absolute Gasteiger partial charge is 0.507 e. The van der Waals surface area contributed by atoms with Crippen molar-refractivity contribution < 1.29 is 19.4 Å². The van der Waals surface area contributed by atoms with Crippen molar-refractivity contribution in [1.29, 1.82) is 0 Å². The van der Waals surface area contributed by atoms with Crippen molar-refractivity contribution in [2.45, 2.75) is 26.4 Å². The number of benzene rings is 3. The monoisotopic (exact) mass is 466 g/mol. The molecule has 3 aromatic carbocycles. The number of amides is 1. The second-order valence-corrected chi connectivity index (χ2v) is 8.85. The van der Waals surface area contributed by atoms with Crippen LogP contribution in [0.15, 0.2) is 78.5 Å². The van der Waals surface area contributed by atoms with E-state index in [9.17, 15) is 14.7 Å². The van der Waals surface area contributed by atoms with Gasteiger partial charge >= 0.3 is 0 Å². The summed E-state index contributed by atoms with van der Waals surface area (Å²) in [7, 11) is 1.57. The van der Waals surface area contributed by atoms with Crippen LogP contribution in [0, 0.1) is 13.8 Å². The molecular formula is C29H26N2O4. The minimum absolute atomic E-state index is 0.0864. The molecule has 5 rings (SSSR count). The molecule has 1 atom stereocenters. The Balaban J connectivity index is 1.74. The number of nitrogens with one attached hydrogen (secondary N) is 1. The molecular weight excluding hydrogens is 440 g/mol. The molecule has 1 fully saturated rings. The zero-order valence-corrected chi connectivity index (χ0v) is 19.8. The molecule has 176 valence electrons. The van der Waals surface area contributed by atoms with E-state index in [2.05, 4.69) is 4.98 Å². The molecule has 0 aliphatic carbocycles. The summed E-state index contributed by atoms with van der Waals surface area (Å²) in [4.78, 5) is 31.7. The lowest BCUT2D eigenvalue weighted by molar-refractivity contribution is -0.140. The summed E-state index contributed by atoms with van der Waals surface area (Å²) >= 11 is 0.